The van der Waals surface area contributed by atoms with Gasteiger partial charge in [0.15, 0.2) is 11.6 Å². The van der Waals surface area contributed by atoms with Gasteiger partial charge in [-0.25, -0.2) is 4.99 Å². The van der Waals surface area contributed by atoms with E-state index in [1.807, 2.05) is 36.4 Å². The highest BCUT2D eigenvalue weighted by atomic mass is 16.5. The number of benzene rings is 1. The van der Waals surface area contributed by atoms with Gasteiger partial charge in [-0.15, -0.1) is 0 Å². The van der Waals surface area contributed by atoms with Crippen LogP contribution in [0, 0.1) is 0 Å². The molecule has 162 valence electrons. The molecular formula is C21H26N8O2. The first kappa shape index (κ1) is 20.6. The van der Waals surface area contributed by atoms with Crippen molar-refractivity contribution in [2.75, 3.05) is 45.2 Å². The third-order valence-corrected chi connectivity index (χ3v) is 4.80. The Morgan fingerprint density at radius 2 is 2.00 bits per heavy atom. The molecule has 1 fully saturated rings. The van der Waals surface area contributed by atoms with Crippen molar-refractivity contribution >= 4 is 17.8 Å². The van der Waals surface area contributed by atoms with Crippen LogP contribution >= 0.6 is 0 Å². The number of hydrogen-bond acceptors (Lipinski definition) is 6. The number of nitrogens with two attached hydrogens (primary N) is 1. The van der Waals surface area contributed by atoms with Gasteiger partial charge in [0.1, 0.15) is 11.4 Å². The molecule has 0 saturated carbocycles. The van der Waals surface area contributed by atoms with Crippen LogP contribution in [0.15, 0.2) is 69.2 Å². The zero-order valence-electron chi connectivity index (χ0n) is 17.4. The van der Waals surface area contributed by atoms with E-state index < -0.39 is 0 Å². The van der Waals surface area contributed by atoms with Gasteiger partial charge in [0.25, 0.3) is 6.02 Å². The van der Waals surface area contributed by atoms with E-state index in [0.29, 0.717) is 30.0 Å². The van der Waals surface area contributed by atoms with E-state index >= 15 is 0 Å². The first-order valence-corrected chi connectivity index (χ1v) is 10.0. The van der Waals surface area contributed by atoms with Crippen molar-refractivity contribution in [2.45, 2.75) is 0 Å². The molecule has 2 aromatic heterocycles. The van der Waals surface area contributed by atoms with Crippen molar-refractivity contribution in [1.82, 2.24) is 20.0 Å². The average molecular weight is 422 g/mol. The van der Waals surface area contributed by atoms with E-state index in [1.54, 1.807) is 18.4 Å². The van der Waals surface area contributed by atoms with E-state index in [0.717, 1.165) is 31.9 Å². The standard InChI is InChI=1S/C21H26N8O2/c1-28-9-11-29(12-10-28)15-23-21(25-20(22)31-16-6-3-2-4-7-16)24-19-14-17(26-27-19)18-8-5-13-30-18/h2-8,13-14H,9-12,15H2,1H3,(H4,22,23,24,25,26,27). The number of piperazine rings is 1. The lowest BCUT2D eigenvalue weighted by atomic mass is 10.3. The number of guanidine groups is 1. The quantitative estimate of drug-likeness (QED) is 0.425. The number of para-hydroxylation sites is 1. The number of H-pyrrole nitrogens is 1. The van der Waals surface area contributed by atoms with Crippen molar-refractivity contribution in [3.63, 3.8) is 0 Å². The molecule has 3 heterocycles. The Morgan fingerprint density at radius 1 is 1.19 bits per heavy atom. The fourth-order valence-corrected chi connectivity index (χ4v) is 3.05. The van der Waals surface area contributed by atoms with E-state index in [4.69, 9.17) is 14.9 Å². The topological polar surface area (TPSA) is 120 Å². The summed E-state index contributed by atoms with van der Waals surface area (Å²) in [6.07, 6.45) is 1.61. The Hall–Kier alpha value is -3.63. The molecule has 1 aromatic carbocycles. The number of aromatic amines is 1. The summed E-state index contributed by atoms with van der Waals surface area (Å²) >= 11 is 0. The minimum atomic E-state index is -0.0161. The first-order chi connectivity index (χ1) is 15.2. The van der Waals surface area contributed by atoms with E-state index in [2.05, 4.69) is 42.3 Å². The largest absolute Gasteiger partial charge is 0.463 e. The molecule has 3 aromatic rings. The van der Waals surface area contributed by atoms with Gasteiger partial charge in [0.05, 0.1) is 12.9 Å². The van der Waals surface area contributed by atoms with Gasteiger partial charge in [-0.3, -0.25) is 10.00 Å². The second-order valence-electron chi connectivity index (χ2n) is 7.18. The highest BCUT2D eigenvalue weighted by Crippen LogP contribution is 2.20. The third kappa shape index (κ3) is 5.93. The Balaban J connectivity index is 1.49. The number of amidine groups is 1. The Labute approximate surface area is 180 Å². The van der Waals surface area contributed by atoms with Gasteiger partial charge >= 0.3 is 0 Å². The average Bonchev–Trinajstić information content (AvgIpc) is 3.46. The van der Waals surface area contributed by atoms with Crippen LogP contribution in [0.2, 0.25) is 0 Å². The molecule has 0 aliphatic carbocycles. The maximum absolute atomic E-state index is 6.01. The summed E-state index contributed by atoms with van der Waals surface area (Å²) in [5.41, 5.74) is 6.75. The lowest BCUT2D eigenvalue weighted by Gasteiger charge is -2.31. The van der Waals surface area contributed by atoms with Gasteiger partial charge < -0.3 is 25.1 Å². The summed E-state index contributed by atoms with van der Waals surface area (Å²) in [6.45, 7) is 4.39. The predicted octanol–water partition coefficient (Wildman–Crippen LogP) is 2.04. The van der Waals surface area contributed by atoms with Gasteiger partial charge in [0.2, 0.25) is 5.96 Å². The van der Waals surface area contributed by atoms with E-state index in [9.17, 15) is 0 Å². The van der Waals surface area contributed by atoms with Gasteiger partial charge in [-0.1, -0.05) is 18.2 Å². The van der Waals surface area contributed by atoms with Crippen molar-refractivity contribution in [1.29, 1.82) is 0 Å². The molecule has 31 heavy (non-hydrogen) atoms. The highest BCUT2D eigenvalue weighted by molar-refractivity contribution is 6.00. The molecule has 0 radical (unpaired) electrons. The van der Waals surface area contributed by atoms with Crippen LogP contribution in [0.4, 0.5) is 5.82 Å². The normalized spacial score (nSPS) is 16.4. The molecule has 4 N–H and O–H groups in total. The SMILES string of the molecule is CN1CCN(C/N=C(\N=C(/N)Oc2ccccc2)Nc2cc(-c3ccco3)[nH]n2)CC1. The van der Waals surface area contributed by atoms with Crippen LogP contribution in [-0.2, 0) is 0 Å². The van der Waals surface area contributed by atoms with Crippen LogP contribution < -0.4 is 15.8 Å². The Morgan fingerprint density at radius 3 is 2.74 bits per heavy atom. The van der Waals surface area contributed by atoms with Gasteiger partial charge in [-0.05, 0) is 31.3 Å². The minimum absolute atomic E-state index is 0.0161. The molecule has 0 unspecified atom stereocenters. The summed E-state index contributed by atoms with van der Waals surface area (Å²) in [6, 6.07) is 14.7. The molecule has 1 saturated heterocycles. The number of likely N-dealkylation sites (N-methyl/N-ethyl adjacent to an activating group) is 1. The zero-order chi connectivity index (χ0) is 21.5. The number of furan rings is 1. The fourth-order valence-electron chi connectivity index (χ4n) is 3.05. The van der Waals surface area contributed by atoms with Crippen molar-refractivity contribution in [2.24, 2.45) is 15.7 Å². The second kappa shape index (κ2) is 9.92. The van der Waals surface area contributed by atoms with Crippen molar-refractivity contribution in [3.8, 4) is 17.2 Å². The van der Waals surface area contributed by atoms with Crippen LogP contribution in [0.1, 0.15) is 0 Å². The minimum Gasteiger partial charge on any atom is -0.463 e. The molecule has 4 rings (SSSR count). The number of anilines is 1. The molecule has 0 amide bonds. The maximum Gasteiger partial charge on any atom is 0.295 e. The molecule has 10 nitrogen and oxygen atoms in total. The van der Waals surface area contributed by atoms with E-state index in [-0.39, 0.29) is 6.02 Å². The molecule has 0 atom stereocenters. The molecule has 0 spiro atoms. The van der Waals surface area contributed by atoms with Crippen LogP contribution in [0.25, 0.3) is 11.5 Å². The maximum atomic E-state index is 6.01. The third-order valence-electron chi connectivity index (χ3n) is 4.80. The zero-order valence-corrected chi connectivity index (χ0v) is 17.4. The Bertz CT molecular complexity index is 1010. The van der Waals surface area contributed by atoms with Gasteiger partial charge in [0, 0.05) is 32.2 Å². The summed E-state index contributed by atoms with van der Waals surface area (Å²) in [7, 11) is 2.12. The number of nitrogens with zero attached hydrogens (tertiary/aromatic N) is 5. The smallest absolute Gasteiger partial charge is 0.295 e. The summed E-state index contributed by atoms with van der Waals surface area (Å²) in [5.74, 6) is 2.14. The molecule has 0 bridgehead atoms. The second-order valence-corrected chi connectivity index (χ2v) is 7.18. The lowest BCUT2D eigenvalue weighted by Crippen LogP contribution is -2.44. The summed E-state index contributed by atoms with van der Waals surface area (Å²) in [4.78, 5) is 13.5. The first-order valence-electron chi connectivity index (χ1n) is 10.0. The van der Waals surface area contributed by atoms with Crippen LogP contribution in [0.5, 0.6) is 5.75 Å². The highest BCUT2D eigenvalue weighted by Gasteiger charge is 2.14. The Kier molecular flexibility index (Phi) is 6.60. The van der Waals surface area contributed by atoms with Crippen LogP contribution in [0.3, 0.4) is 0 Å². The van der Waals surface area contributed by atoms with E-state index in [1.165, 1.54) is 0 Å². The van der Waals surface area contributed by atoms with Crippen molar-refractivity contribution in [3.05, 3.63) is 54.8 Å². The molecule has 10 heteroatoms. The number of aromatic nitrogens is 2. The summed E-state index contributed by atoms with van der Waals surface area (Å²) in [5, 5.41) is 10.3. The number of aliphatic imine (C=N–C) groups is 2. The number of hydrogen-bond donors (Lipinski definition) is 3. The molecular weight excluding hydrogens is 396 g/mol. The molecule has 1 aliphatic heterocycles. The molecule has 1 aliphatic rings. The number of ether oxygens (including phenoxy) is 1. The number of rotatable bonds is 5. The fraction of sp³-hybridized carbons (Fsp3) is 0.286. The predicted molar refractivity (Wildman–Crippen MR) is 120 cm³/mol. The summed E-state index contributed by atoms with van der Waals surface area (Å²) < 4.78 is 11.0. The lowest BCUT2D eigenvalue weighted by molar-refractivity contribution is 0.158. The van der Waals surface area contributed by atoms with Crippen molar-refractivity contribution < 1.29 is 9.15 Å². The van der Waals surface area contributed by atoms with Gasteiger partial charge in [-0.2, -0.15) is 10.1 Å². The monoisotopic (exact) mass is 422 g/mol. The number of nitrogens with one attached hydrogen (secondary N) is 2. The van der Waals surface area contributed by atoms with Crippen LogP contribution in [-0.4, -0.2) is 71.9 Å².